The van der Waals surface area contributed by atoms with E-state index in [0.29, 0.717) is 44.1 Å². The molecule has 1 unspecified atom stereocenters. The molecule has 0 radical (unpaired) electrons. The zero-order valence-corrected chi connectivity index (χ0v) is 19.4. The van der Waals surface area contributed by atoms with Crippen molar-refractivity contribution in [2.75, 3.05) is 33.3 Å². The van der Waals surface area contributed by atoms with Gasteiger partial charge in [0.05, 0.1) is 17.1 Å². The molecule has 2 aliphatic rings. The monoisotopic (exact) mass is 451 g/mol. The van der Waals surface area contributed by atoms with E-state index in [1.54, 1.807) is 6.92 Å². The quantitative estimate of drug-likeness (QED) is 0.576. The molecule has 1 aliphatic carbocycles. The van der Waals surface area contributed by atoms with Gasteiger partial charge < -0.3 is 10.1 Å². The summed E-state index contributed by atoms with van der Waals surface area (Å²) in [5, 5.41) is 3.04. The van der Waals surface area contributed by atoms with Crippen LogP contribution in [-0.4, -0.2) is 74.9 Å². The molecule has 2 fully saturated rings. The number of esters is 1. The number of carbonyl (C=O) groups is 2. The fraction of sp³-hybridized carbons (Fsp3) is 0.636. The number of carbonyl (C=O) groups excluding carboxylic acids is 2. The molecule has 1 atom stereocenters. The maximum atomic E-state index is 12.9. The van der Waals surface area contributed by atoms with E-state index in [1.807, 2.05) is 0 Å². The Balaban J connectivity index is 1.50. The number of sulfonamides is 1. The minimum Gasteiger partial charge on any atom is -0.462 e. The molecule has 0 aromatic heterocycles. The lowest BCUT2D eigenvalue weighted by Crippen LogP contribution is -2.46. The lowest BCUT2D eigenvalue weighted by molar-refractivity contribution is -0.126. The maximum absolute atomic E-state index is 12.9. The fourth-order valence-corrected chi connectivity index (χ4v) is 5.33. The normalized spacial score (nSPS) is 19.2. The van der Waals surface area contributed by atoms with Crippen LogP contribution in [-0.2, 0) is 19.6 Å². The third kappa shape index (κ3) is 5.84. The Hall–Kier alpha value is -1.97. The smallest absolute Gasteiger partial charge is 0.338 e. The molecule has 1 N–H and O–H groups in total. The van der Waals surface area contributed by atoms with Crippen molar-refractivity contribution in [2.24, 2.45) is 5.92 Å². The first kappa shape index (κ1) is 23.7. The second-order valence-corrected chi connectivity index (χ2v) is 10.4. The van der Waals surface area contributed by atoms with Crippen LogP contribution in [0, 0.1) is 5.92 Å². The van der Waals surface area contributed by atoms with Gasteiger partial charge >= 0.3 is 5.97 Å². The van der Waals surface area contributed by atoms with E-state index in [4.69, 9.17) is 4.74 Å². The first-order valence-electron chi connectivity index (χ1n) is 11.0. The van der Waals surface area contributed by atoms with Crippen molar-refractivity contribution in [3.05, 3.63) is 29.8 Å². The highest BCUT2D eigenvalue weighted by molar-refractivity contribution is 7.89. The summed E-state index contributed by atoms with van der Waals surface area (Å²) in [5.41, 5.74) is 0.317. The van der Waals surface area contributed by atoms with E-state index in [0.717, 1.165) is 0 Å². The number of piperidine rings is 1. The largest absolute Gasteiger partial charge is 0.462 e. The number of amides is 1. The van der Waals surface area contributed by atoms with Crippen molar-refractivity contribution in [1.29, 1.82) is 0 Å². The van der Waals surface area contributed by atoms with E-state index in [2.05, 4.69) is 24.2 Å². The van der Waals surface area contributed by atoms with Gasteiger partial charge in [0, 0.05) is 37.6 Å². The highest BCUT2D eigenvalue weighted by Gasteiger charge is 2.33. The van der Waals surface area contributed by atoms with E-state index >= 15 is 0 Å². The van der Waals surface area contributed by atoms with E-state index < -0.39 is 16.0 Å². The minimum absolute atomic E-state index is 0.00637. The number of hydrogen-bond donors (Lipinski definition) is 1. The van der Waals surface area contributed by atoms with Gasteiger partial charge in [0.1, 0.15) is 0 Å². The Labute approximate surface area is 185 Å². The van der Waals surface area contributed by atoms with Gasteiger partial charge in [-0.2, -0.15) is 4.31 Å². The first-order valence-corrected chi connectivity index (χ1v) is 12.4. The zero-order chi connectivity index (χ0) is 22.6. The SMILES string of the molecule is CCOC(=O)c1ccc(S(=O)(=O)N2CCC(C(=O)NCC(C)N(C)C3CC3)CC2)cc1. The number of likely N-dealkylation sites (N-methyl/N-ethyl adjacent to an activating group) is 1. The predicted molar refractivity (Wildman–Crippen MR) is 117 cm³/mol. The van der Waals surface area contributed by atoms with Crippen LogP contribution in [0.3, 0.4) is 0 Å². The van der Waals surface area contributed by atoms with Gasteiger partial charge in [-0.05, 0) is 70.8 Å². The van der Waals surface area contributed by atoms with Gasteiger partial charge in [0.25, 0.3) is 0 Å². The van der Waals surface area contributed by atoms with Gasteiger partial charge in [0.2, 0.25) is 15.9 Å². The number of hydrogen-bond acceptors (Lipinski definition) is 6. The molecule has 8 nitrogen and oxygen atoms in total. The molecule has 1 heterocycles. The maximum Gasteiger partial charge on any atom is 0.338 e. The molecule has 3 rings (SSSR count). The molecule has 1 aromatic rings. The molecular formula is C22H33N3O5S. The second kappa shape index (κ2) is 10.1. The van der Waals surface area contributed by atoms with E-state index in [9.17, 15) is 18.0 Å². The molecule has 1 saturated heterocycles. The van der Waals surface area contributed by atoms with E-state index in [-0.39, 0.29) is 29.4 Å². The lowest BCUT2D eigenvalue weighted by atomic mass is 9.97. The van der Waals surface area contributed by atoms with Gasteiger partial charge in [-0.1, -0.05) is 0 Å². The van der Waals surface area contributed by atoms with Crippen LogP contribution in [0.5, 0.6) is 0 Å². The summed E-state index contributed by atoms with van der Waals surface area (Å²) in [5.74, 6) is -0.640. The molecule has 9 heteroatoms. The molecule has 1 aromatic carbocycles. The summed E-state index contributed by atoms with van der Waals surface area (Å²) >= 11 is 0. The Morgan fingerprint density at radius 1 is 1.16 bits per heavy atom. The van der Waals surface area contributed by atoms with Crippen molar-refractivity contribution < 1.29 is 22.7 Å². The Kier molecular flexibility index (Phi) is 7.72. The first-order chi connectivity index (χ1) is 14.7. The average molecular weight is 452 g/mol. The topological polar surface area (TPSA) is 96.0 Å². The average Bonchev–Trinajstić information content (AvgIpc) is 3.62. The van der Waals surface area contributed by atoms with E-state index in [1.165, 1.54) is 41.4 Å². The van der Waals surface area contributed by atoms with Crippen LogP contribution in [0.15, 0.2) is 29.2 Å². The van der Waals surface area contributed by atoms with Crippen LogP contribution in [0.1, 0.15) is 49.9 Å². The standard InChI is InChI=1S/C22H33N3O5S/c1-4-30-22(27)18-5-9-20(10-6-18)31(28,29)25-13-11-17(12-14-25)21(26)23-15-16(2)24(3)19-7-8-19/h5-6,9-10,16-17,19H,4,7-8,11-15H2,1-3H3,(H,23,26). The van der Waals surface area contributed by atoms with Crippen molar-refractivity contribution >= 4 is 21.9 Å². The molecule has 172 valence electrons. The highest BCUT2D eigenvalue weighted by atomic mass is 32.2. The summed E-state index contributed by atoms with van der Waals surface area (Å²) in [7, 11) is -1.57. The van der Waals surface area contributed by atoms with Gasteiger partial charge in [-0.3, -0.25) is 9.69 Å². The summed E-state index contributed by atoms with van der Waals surface area (Å²) in [4.78, 5) is 26.8. The fourth-order valence-electron chi connectivity index (χ4n) is 3.86. The van der Waals surface area contributed by atoms with Crippen molar-refractivity contribution in [3.8, 4) is 0 Å². The number of nitrogens with zero attached hydrogens (tertiary/aromatic N) is 2. The van der Waals surface area contributed by atoms with Gasteiger partial charge in [-0.25, -0.2) is 13.2 Å². The number of benzene rings is 1. The summed E-state index contributed by atoms with van der Waals surface area (Å²) < 4.78 is 32.2. The van der Waals surface area contributed by atoms with Crippen molar-refractivity contribution in [2.45, 2.75) is 56.5 Å². The van der Waals surface area contributed by atoms with Crippen LogP contribution in [0.2, 0.25) is 0 Å². The number of rotatable bonds is 9. The molecule has 1 aliphatic heterocycles. The Bertz CT molecular complexity index is 875. The summed E-state index contributed by atoms with van der Waals surface area (Å²) in [6.07, 6.45) is 3.46. The zero-order valence-electron chi connectivity index (χ0n) is 18.5. The van der Waals surface area contributed by atoms with Gasteiger partial charge in [0.15, 0.2) is 0 Å². The lowest BCUT2D eigenvalue weighted by Gasteiger charge is -2.31. The Morgan fingerprint density at radius 2 is 1.77 bits per heavy atom. The summed E-state index contributed by atoms with van der Waals surface area (Å²) in [6.45, 7) is 5.30. The summed E-state index contributed by atoms with van der Waals surface area (Å²) in [6, 6.07) is 6.72. The molecule has 31 heavy (non-hydrogen) atoms. The molecular weight excluding hydrogens is 418 g/mol. The number of ether oxygens (including phenoxy) is 1. The van der Waals surface area contributed by atoms with Crippen LogP contribution >= 0.6 is 0 Å². The van der Waals surface area contributed by atoms with Gasteiger partial charge in [-0.15, -0.1) is 0 Å². The van der Waals surface area contributed by atoms with Crippen molar-refractivity contribution in [3.63, 3.8) is 0 Å². The molecule has 1 amide bonds. The predicted octanol–water partition coefficient (Wildman–Crippen LogP) is 1.86. The van der Waals surface area contributed by atoms with Crippen LogP contribution < -0.4 is 5.32 Å². The second-order valence-electron chi connectivity index (χ2n) is 8.41. The molecule has 0 bridgehead atoms. The van der Waals surface area contributed by atoms with Crippen molar-refractivity contribution in [1.82, 2.24) is 14.5 Å². The molecule has 1 saturated carbocycles. The molecule has 0 spiro atoms. The third-order valence-corrected chi connectivity index (χ3v) is 8.13. The number of nitrogens with one attached hydrogen (secondary N) is 1. The highest BCUT2D eigenvalue weighted by Crippen LogP contribution is 2.27. The van der Waals surface area contributed by atoms with Crippen LogP contribution in [0.25, 0.3) is 0 Å². The Morgan fingerprint density at radius 3 is 2.32 bits per heavy atom. The van der Waals surface area contributed by atoms with Crippen LogP contribution in [0.4, 0.5) is 0 Å². The minimum atomic E-state index is -3.66. The third-order valence-electron chi connectivity index (χ3n) is 6.22.